The highest BCUT2D eigenvalue weighted by Crippen LogP contribution is 2.63. The fraction of sp³-hybridized carbons (Fsp3) is 0.808. The van der Waals surface area contributed by atoms with Crippen LogP contribution in [0.3, 0.4) is 0 Å². The number of fused-ring (bicyclic) bond motifs is 2. The van der Waals surface area contributed by atoms with Crippen LogP contribution in [0.2, 0.25) is 0 Å². The fourth-order valence-corrected chi connectivity index (χ4v) is 7.16. The van der Waals surface area contributed by atoms with Gasteiger partial charge in [0.25, 0.3) is 0 Å². The van der Waals surface area contributed by atoms with Gasteiger partial charge in [-0.2, -0.15) is 0 Å². The van der Waals surface area contributed by atoms with Gasteiger partial charge in [-0.1, -0.05) is 39.3 Å². The first-order valence-electron chi connectivity index (χ1n) is 12.5. The van der Waals surface area contributed by atoms with Crippen molar-refractivity contribution in [1.29, 1.82) is 0 Å². The van der Waals surface area contributed by atoms with E-state index in [0.29, 0.717) is 31.3 Å². The molecule has 6 N–H and O–H groups in total. The third-order valence-electron chi connectivity index (χ3n) is 9.39. The summed E-state index contributed by atoms with van der Waals surface area (Å²) in [7, 11) is 0. The van der Waals surface area contributed by atoms with Gasteiger partial charge in [0.1, 0.15) is 30.5 Å². The molecule has 0 aromatic heterocycles. The summed E-state index contributed by atoms with van der Waals surface area (Å²) in [6.45, 7) is 11.0. The Labute approximate surface area is 206 Å². The molecular weight excluding hydrogens is 456 g/mol. The van der Waals surface area contributed by atoms with E-state index >= 15 is 0 Å². The van der Waals surface area contributed by atoms with Gasteiger partial charge in [0.05, 0.1) is 18.8 Å². The lowest BCUT2D eigenvalue weighted by Gasteiger charge is -2.60. The molecule has 4 aliphatic rings. The number of rotatable bonds is 4. The molecule has 1 aliphatic heterocycles. The van der Waals surface area contributed by atoms with Crippen molar-refractivity contribution < 1.29 is 44.9 Å². The summed E-state index contributed by atoms with van der Waals surface area (Å²) in [4.78, 5) is 13.7. The zero-order valence-corrected chi connectivity index (χ0v) is 20.9. The first kappa shape index (κ1) is 26.9. The minimum atomic E-state index is -1.58. The van der Waals surface area contributed by atoms with Gasteiger partial charge in [-0.3, -0.25) is 4.79 Å². The van der Waals surface area contributed by atoms with E-state index in [1.807, 2.05) is 27.7 Å². The highest BCUT2D eigenvalue weighted by molar-refractivity contribution is 5.92. The van der Waals surface area contributed by atoms with Gasteiger partial charge in [-0.05, 0) is 36.7 Å². The van der Waals surface area contributed by atoms with E-state index in [2.05, 4.69) is 6.58 Å². The second-order valence-electron chi connectivity index (χ2n) is 11.9. The molecule has 1 saturated heterocycles. The van der Waals surface area contributed by atoms with E-state index in [0.717, 1.165) is 5.57 Å². The predicted molar refractivity (Wildman–Crippen MR) is 125 cm³/mol. The van der Waals surface area contributed by atoms with Gasteiger partial charge in [0, 0.05) is 16.7 Å². The zero-order chi connectivity index (χ0) is 26.1. The second-order valence-corrected chi connectivity index (χ2v) is 11.9. The Morgan fingerprint density at radius 3 is 2.31 bits per heavy atom. The average Bonchev–Trinajstić information content (AvgIpc) is 2.81. The fourth-order valence-electron chi connectivity index (χ4n) is 7.16. The summed E-state index contributed by atoms with van der Waals surface area (Å²) in [6.07, 6.45) is -6.40. The molecule has 0 bridgehead atoms. The molecule has 0 amide bonds. The van der Waals surface area contributed by atoms with E-state index in [4.69, 9.17) is 9.47 Å². The van der Waals surface area contributed by atoms with Crippen molar-refractivity contribution in [3.8, 4) is 0 Å². The SMILES string of the molecule is C=C[C@]1(C)CCC2=C([C@@H](O)C(=O)[C@@H]3C(C)(C)CC[C@H](O[C@@H]4O[C@H](CO)[C@@H](O)[C@H](O)[C@H]4O)[C@]23C)[C@H]1O. The van der Waals surface area contributed by atoms with E-state index in [1.165, 1.54) is 0 Å². The number of aliphatic hydroxyl groups excluding tert-OH is 6. The summed E-state index contributed by atoms with van der Waals surface area (Å²) in [5.74, 6) is -0.988. The number of Topliss-reactive ketones (excluding diaryl/α,β-unsaturated/α-hetero) is 1. The molecule has 11 atom stereocenters. The van der Waals surface area contributed by atoms with Crippen LogP contribution < -0.4 is 0 Å². The van der Waals surface area contributed by atoms with Gasteiger partial charge >= 0.3 is 0 Å². The second kappa shape index (κ2) is 8.99. The molecule has 0 aromatic carbocycles. The number of carbonyl (C=O) groups is 1. The molecule has 1 saturated carbocycles. The van der Waals surface area contributed by atoms with E-state index in [-0.39, 0.29) is 5.78 Å². The molecule has 4 rings (SSSR count). The molecule has 198 valence electrons. The maximum Gasteiger partial charge on any atom is 0.187 e. The van der Waals surface area contributed by atoms with Gasteiger partial charge < -0.3 is 40.1 Å². The van der Waals surface area contributed by atoms with Crippen LogP contribution in [0, 0.1) is 22.2 Å². The van der Waals surface area contributed by atoms with E-state index < -0.39 is 77.8 Å². The topological polar surface area (TPSA) is 157 Å². The van der Waals surface area contributed by atoms with Crippen molar-refractivity contribution in [3.63, 3.8) is 0 Å². The highest BCUT2D eigenvalue weighted by Gasteiger charge is 2.64. The van der Waals surface area contributed by atoms with Crippen LogP contribution in [0.1, 0.15) is 53.4 Å². The lowest BCUT2D eigenvalue weighted by molar-refractivity contribution is -0.324. The van der Waals surface area contributed by atoms with Gasteiger partial charge in [-0.15, -0.1) is 6.58 Å². The van der Waals surface area contributed by atoms with Crippen molar-refractivity contribution in [2.24, 2.45) is 22.2 Å². The third-order valence-corrected chi connectivity index (χ3v) is 9.39. The molecule has 35 heavy (non-hydrogen) atoms. The van der Waals surface area contributed by atoms with Crippen LogP contribution in [-0.4, -0.2) is 92.0 Å². The Hall–Kier alpha value is -1.17. The predicted octanol–water partition coefficient (Wildman–Crippen LogP) is 0.201. The van der Waals surface area contributed by atoms with Crippen molar-refractivity contribution in [2.45, 2.75) is 102 Å². The molecule has 1 heterocycles. The van der Waals surface area contributed by atoms with Crippen LogP contribution in [0.15, 0.2) is 23.8 Å². The van der Waals surface area contributed by atoms with Crippen molar-refractivity contribution >= 4 is 5.78 Å². The molecule has 9 nitrogen and oxygen atoms in total. The minimum absolute atomic E-state index is 0.308. The summed E-state index contributed by atoms with van der Waals surface area (Å²) >= 11 is 0. The van der Waals surface area contributed by atoms with Gasteiger partial charge in [0.2, 0.25) is 0 Å². The third kappa shape index (κ3) is 3.87. The Balaban J connectivity index is 1.79. The number of ether oxygens (including phenoxy) is 2. The van der Waals surface area contributed by atoms with Crippen molar-refractivity contribution in [1.82, 2.24) is 0 Å². The highest BCUT2D eigenvalue weighted by atomic mass is 16.7. The summed E-state index contributed by atoms with van der Waals surface area (Å²) in [5.41, 5.74) is -0.993. The largest absolute Gasteiger partial charge is 0.394 e. The molecule has 0 spiro atoms. The van der Waals surface area contributed by atoms with Crippen LogP contribution in [0.4, 0.5) is 0 Å². The first-order valence-corrected chi connectivity index (χ1v) is 12.5. The standard InChI is InChI=1S/C26H40O9/c1-6-25(4)10-7-12-15(22(25)33)17(29)19(31)21-24(2,3)9-8-14(26(12,21)5)35-23-20(32)18(30)16(28)13(11-27)34-23/h6,13-14,16-18,20-23,27-30,32-33H,1,7-11H2,2-5H3/t13-,14+,16-,17-,18+,20-,21-,22-,23+,25-,26+/m1/s1. The normalized spacial score (nSPS) is 49.9. The first-order chi connectivity index (χ1) is 16.2. The van der Waals surface area contributed by atoms with E-state index in [1.54, 1.807) is 6.08 Å². The Bertz CT molecular complexity index is 897. The summed E-state index contributed by atoms with van der Waals surface area (Å²) in [6, 6.07) is 0. The quantitative estimate of drug-likeness (QED) is 0.299. The number of aliphatic hydroxyl groups is 6. The van der Waals surface area contributed by atoms with Crippen molar-refractivity contribution in [2.75, 3.05) is 6.61 Å². The molecule has 2 fully saturated rings. The number of hydrogen-bond acceptors (Lipinski definition) is 9. The Morgan fingerprint density at radius 1 is 1.06 bits per heavy atom. The molecule has 0 radical (unpaired) electrons. The summed E-state index contributed by atoms with van der Waals surface area (Å²) in [5, 5.41) is 63.0. The molecule has 0 aromatic rings. The molecular formula is C26H40O9. The number of carbonyl (C=O) groups excluding carboxylic acids is 1. The smallest absolute Gasteiger partial charge is 0.187 e. The number of hydrogen-bond donors (Lipinski definition) is 6. The monoisotopic (exact) mass is 496 g/mol. The lowest BCUT2D eigenvalue weighted by Crippen LogP contribution is -2.65. The minimum Gasteiger partial charge on any atom is -0.394 e. The Morgan fingerprint density at radius 2 is 1.71 bits per heavy atom. The van der Waals surface area contributed by atoms with Crippen LogP contribution in [0.25, 0.3) is 0 Å². The zero-order valence-electron chi connectivity index (χ0n) is 20.9. The molecule has 3 aliphatic carbocycles. The van der Waals surface area contributed by atoms with Crippen LogP contribution >= 0.6 is 0 Å². The maximum absolute atomic E-state index is 13.7. The van der Waals surface area contributed by atoms with E-state index in [9.17, 15) is 35.4 Å². The van der Waals surface area contributed by atoms with Crippen LogP contribution in [-0.2, 0) is 14.3 Å². The molecule has 9 heteroatoms. The Kier molecular flexibility index (Phi) is 6.90. The number of ketones is 1. The van der Waals surface area contributed by atoms with Gasteiger partial charge in [0.15, 0.2) is 12.1 Å². The molecule has 0 unspecified atom stereocenters. The average molecular weight is 497 g/mol. The van der Waals surface area contributed by atoms with Gasteiger partial charge in [-0.25, -0.2) is 0 Å². The maximum atomic E-state index is 13.7. The van der Waals surface area contributed by atoms with Crippen LogP contribution in [0.5, 0.6) is 0 Å². The lowest BCUT2D eigenvalue weighted by atomic mass is 9.45. The summed E-state index contributed by atoms with van der Waals surface area (Å²) < 4.78 is 11.9. The van der Waals surface area contributed by atoms with Crippen molar-refractivity contribution in [3.05, 3.63) is 23.8 Å².